The number of nitrogens with zero attached hydrogens (tertiary/aromatic N) is 2. The summed E-state index contributed by atoms with van der Waals surface area (Å²) in [5.74, 6) is 0.569. The summed E-state index contributed by atoms with van der Waals surface area (Å²) >= 11 is 0. The average molecular weight is 345 g/mol. The highest BCUT2D eigenvalue weighted by atomic mass is 16.5. The molecule has 2 aliphatic heterocycles. The average Bonchev–Trinajstić information content (AvgIpc) is 3.10. The van der Waals surface area contributed by atoms with Crippen LogP contribution in [0.3, 0.4) is 0 Å². The number of carbonyl (C=O) groups is 1. The molecule has 138 valence electrons. The summed E-state index contributed by atoms with van der Waals surface area (Å²) in [4.78, 5) is 16.8. The standard InChI is InChI=1S/C20H31N3O2/c1-22(2)20(9-12-25-13-10-20)16-21-19(24)23-11-8-18(15-23)14-17-6-4-3-5-7-17/h3-7,18H,8-16H2,1-2H3,(H,21,24)/t18-/m1/s1. The van der Waals surface area contributed by atoms with Crippen LogP contribution in [0.4, 0.5) is 4.79 Å². The quantitative estimate of drug-likeness (QED) is 0.891. The van der Waals surface area contributed by atoms with Crippen molar-refractivity contribution >= 4 is 6.03 Å². The summed E-state index contributed by atoms with van der Waals surface area (Å²) in [5, 5.41) is 3.19. The summed E-state index contributed by atoms with van der Waals surface area (Å²) in [6.45, 7) is 3.97. The summed E-state index contributed by atoms with van der Waals surface area (Å²) in [6.07, 6.45) is 4.09. The molecular weight excluding hydrogens is 314 g/mol. The van der Waals surface area contributed by atoms with Crippen LogP contribution in [0.5, 0.6) is 0 Å². The van der Waals surface area contributed by atoms with Crippen molar-refractivity contribution in [1.29, 1.82) is 0 Å². The molecule has 1 N–H and O–H groups in total. The van der Waals surface area contributed by atoms with Crippen LogP contribution in [-0.2, 0) is 11.2 Å². The van der Waals surface area contributed by atoms with E-state index in [2.05, 4.69) is 54.6 Å². The van der Waals surface area contributed by atoms with Crippen LogP contribution in [0.15, 0.2) is 30.3 Å². The monoisotopic (exact) mass is 345 g/mol. The zero-order valence-corrected chi connectivity index (χ0v) is 15.5. The first-order chi connectivity index (χ1) is 12.1. The molecule has 0 unspecified atom stereocenters. The lowest BCUT2D eigenvalue weighted by molar-refractivity contribution is -0.00614. The Morgan fingerprint density at radius 2 is 2.00 bits per heavy atom. The van der Waals surface area contributed by atoms with Gasteiger partial charge in [-0.3, -0.25) is 0 Å². The SMILES string of the molecule is CN(C)C1(CNC(=O)N2CC[C@H](Cc3ccccc3)C2)CCOCC1. The first-order valence-electron chi connectivity index (χ1n) is 9.41. The zero-order valence-electron chi connectivity index (χ0n) is 15.5. The number of urea groups is 1. The first kappa shape index (κ1) is 18.2. The predicted octanol–water partition coefficient (Wildman–Crippen LogP) is 2.37. The fraction of sp³-hybridized carbons (Fsp3) is 0.650. The van der Waals surface area contributed by atoms with E-state index in [9.17, 15) is 4.79 Å². The van der Waals surface area contributed by atoms with E-state index in [4.69, 9.17) is 4.74 Å². The van der Waals surface area contributed by atoms with Crippen molar-refractivity contribution in [1.82, 2.24) is 15.1 Å². The molecular formula is C20H31N3O2. The van der Waals surface area contributed by atoms with Crippen LogP contribution in [-0.4, -0.2) is 68.3 Å². The lowest BCUT2D eigenvalue weighted by Gasteiger charge is -2.43. The molecule has 5 nitrogen and oxygen atoms in total. The molecule has 5 heteroatoms. The van der Waals surface area contributed by atoms with Crippen molar-refractivity contribution in [3.05, 3.63) is 35.9 Å². The van der Waals surface area contributed by atoms with E-state index in [1.165, 1.54) is 5.56 Å². The van der Waals surface area contributed by atoms with Crippen LogP contribution in [0.25, 0.3) is 0 Å². The molecule has 1 aromatic rings. The summed E-state index contributed by atoms with van der Waals surface area (Å²) in [5.41, 5.74) is 1.39. The highest BCUT2D eigenvalue weighted by Crippen LogP contribution is 2.26. The van der Waals surface area contributed by atoms with Crippen LogP contribution in [0.2, 0.25) is 0 Å². The maximum Gasteiger partial charge on any atom is 0.317 e. The Balaban J connectivity index is 1.48. The Labute approximate surface area is 151 Å². The summed E-state index contributed by atoms with van der Waals surface area (Å²) < 4.78 is 5.50. The normalized spacial score (nSPS) is 23.0. The second kappa shape index (κ2) is 8.19. The molecule has 25 heavy (non-hydrogen) atoms. The van der Waals surface area contributed by atoms with Crippen LogP contribution in [0, 0.1) is 5.92 Å². The molecule has 0 radical (unpaired) electrons. The molecule has 0 aliphatic carbocycles. The fourth-order valence-corrected chi connectivity index (χ4v) is 4.02. The molecule has 0 spiro atoms. The molecule has 1 atom stereocenters. The number of hydrogen-bond donors (Lipinski definition) is 1. The largest absolute Gasteiger partial charge is 0.381 e. The van der Waals surface area contributed by atoms with Crippen molar-refractivity contribution in [2.75, 3.05) is 46.9 Å². The van der Waals surface area contributed by atoms with Gasteiger partial charge >= 0.3 is 6.03 Å². The van der Waals surface area contributed by atoms with E-state index < -0.39 is 0 Å². The number of carbonyl (C=O) groups excluding carboxylic acids is 1. The maximum absolute atomic E-state index is 12.6. The molecule has 0 saturated carbocycles. The van der Waals surface area contributed by atoms with Gasteiger partial charge in [-0.25, -0.2) is 4.79 Å². The number of likely N-dealkylation sites (tertiary alicyclic amines) is 1. The Bertz CT molecular complexity index is 555. The van der Waals surface area contributed by atoms with Crippen molar-refractivity contribution in [3.8, 4) is 0 Å². The Hall–Kier alpha value is -1.59. The highest BCUT2D eigenvalue weighted by Gasteiger charge is 2.36. The lowest BCUT2D eigenvalue weighted by atomic mass is 9.88. The minimum Gasteiger partial charge on any atom is -0.381 e. The number of benzene rings is 1. The van der Waals surface area contributed by atoms with E-state index in [0.29, 0.717) is 12.5 Å². The number of hydrogen-bond acceptors (Lipinski definition) is 3. The van der Waals surface area contributed by atoms with Gasteiger partial charge in [0.05, 0.1) is 0 Å². The molecule has 2 heterocycles. The number of amides is 2. The third-order valence-electron chi connectivity index (χ3n) is 5.88. The van der Waals surface area contributed by atoms with E-state index in [1.807, 2.05) is 4.90 Å². The highest BCUT2D eigenvalue weighted by molar-refractivity contribution is 5.74. The molecule has 0 aromatic heterocycles. The van der Waals surface area contributed by atoms with E-state index in [-0.39, 0.29) is 11.6 Å². The number of rotatable bonds is 5. The van der Waals surface area contributed by atoms with Crippen molar-refractivity contribution in [2.45, 2.75) is 31.2 Å². The van der Waals surface area contributed by atoms with Crippen LogP contribution in [0.1, 0.15) is 24.8 Å². The first-order valence-corrected chi connectivity index (χ1v) is 9.41. The summed E-state index contributed by atoms with van der Waals surface area (Å²) in [7, 11) is 4.20. The molecule has 2 fully saturated rings. The Morgan fingerprint density at radius 1 is 1.28 bits per heavy atom. The third kappa shape index (κ3) is 4.53. The second-order valence-corrected chi connectivity index (χ2v) is 7.68. The van der Waals surface area contributed by atoms with Gasteiger partial charge < -0.3 is 19.9 Å². The third-order valence-corrected chi connectivity index (χ3v) is 5.88. The minimum absolute atomic E-state index is 0.0249. The zero-order chi connectivity index (χ0) is 17.7. The van der Waals surface area contributed by atoms with E-state index in [1.54, 1.807) is 0 Å². The van der Waals surface area contributed by atoms with Gasteiger partial charge in [0, 0.05) is 38.4 Å². The van der Waals surface area contributed by atoms with Gasteiger partial charge in [-0.05, 0) is 51.3 Å². The van der Waals surface area contributed by atoms with Gasteiger partial charge in [-0.1, -0.05) is 30.3 Å². The Morgan fingerprint density at radius 3 is 2.68 bits per heavy atom. The maximum atomic E-state index is 12.6. The molecule has 1 aromatic carbocycles. The molecule has 0 bridgehead atoms. The van der Waals surface area contributed by atoms with Crippen molar-refractivity contribution in [3.63, 3.8) is 0 Å². The van der Waals surface area contributed by atoms with Crippen LogP contribution < -0.4 is 5.32 Å². The number of nitrogens with one attached hydrogen (secondary N) is 1. The molecule has 2 aliphatic rings. The second-order valence-electron chi connectivity index (χ2n) is 7.68. The predicted molar refractivity (Wildman–Crippen MR) is 99.7 cm³/mol. The van der Waals surface area contributed by atoms with Gasteiger partial charge in [-0.2, -0.15) is 0 Å². The molecule has 3 rings (SSSR count). The molecule has 2 saturated heterocycles. The lowest BCUT2D eigenvalue weighted by Crippen LogP contribution is -2.57. The van der Waals surface area contributed by atoms with Crippen molar-refractivity contribution in [2.24, 2.45) is 5.92 Å². The Kier molecular flexibility index (Phi) is 5.97. The topological polar surface area (TPSA) is 44.8 Å². The number of likely N-dealkylation sites (N-methyl/N-ethyl adjacent to an activating group) is 1. The van der Waals surface area contributed by atoms with Crippen LogP contribution >= 0.6 is 0 Å². The smallest absolute Gasteiger partial charge is 0.317 e. The van der Waals surface area contributed by atoms with E-state index >= 15 is 0 Å². The number of ether oxygens (including phenoxy) is 1. The minimum atomic E-state index is 0.0249. The van der Waals surface area contributed by atoms with Gasteiger partial charge in [0.1, 0.15) is 0 Å². The summed E-state index contributed by atoms with van der Waals surface area (Å²) in [6, 6.07) is 10.7. The van der Waals surface area contributed by atoms with Gasteiger partial charge in [0.15, 0.2) is 0 Å². The van der Waals surface area contributed by atoms with Gasteiger partial charge in [-0.15, -0.1) is 0 Å². The molecule has 2 amide bonds. The fourth-order valence-electron chi connectivity index (χ4n) is 4.02. The van der Waals surface area contributed by atoms with E-state index in [0.717, 1.165) is 52.0 Å². The van der Waals surface area contributed by atoms with Crippen molar-refractivity contribution < 1.29 is 9.53 Å². The van der Waals surface area contributed by atoms with Gasteiger partial charge in [0.25, 0.3) is 0 Å². The van der Waals surface area contributed by atoms with Gasteiger partial charge in [0.2, 0.25) is 0 Å².